The lowest BCUT2D eigenvalue weighted by Gasteiger charge is -2.07. The highest BCUT2D eigenvalue weighted by Crippen LogP contribution is 2.28. The van der Waals surface area contributed by atoms with E-state index < -0.39 is 17.8 Å². The zero-order valence-electron chi connectivity index (χ0n) is 11.5. The Morgan fingerprint density at radius 3 is 2.83 bits per heavy atom. The molecule has 1 aliphatic rings. The number of nitrogens with one attached hydrogen (secondary N) is 2. The van der Waals surface area contributed by atoms with Crippen LogP contribution in [0.4, 0.5) is 13.2 Å². The van der Waals surface area contributed by atoms with E-state index in [1.165, 1.54) is 17.4 Å². The molecule has 0 aliphatic carbocycles. The van der Waals surface area contributed by atoms with E-state index in [0.29, 0.717) is 22.5 Å². The van der Waals surface area contributed by atoms with Crippen molar-refractivity contribution in [1.82, 2.24) is 15.6 Å². The van der Waals surface area contributed by atoms with Gasteiger partial charge >= 0.3 is 6.18 Å². The number of halogens is 3. The predicted molar refractivity (Wildman–Crippen MR) is 75.9 cm³/mol. The topological polar surface area (TPSA) is 71.1 Å². The van der Waals surface area contributed by atoms with Gasteiger partial charge in [-0.1, -0.05) is 6.07 Å². The van der Waals surface area contributed by atoms with Gasteiger partial charge in [0.2, 0.25) is 0 Å². The van der Waals surface area contributed by atoms with Crippen LogP contribution in [0.15, 0.2) is 23.7 Å². The minimum absolute atomic E-state index is 0.0261. The van der Waals surface area contributed by atoms with Crippen molar-refractivity contribution in [2.24, 2.45) is 0 Å². The third-order valence-corrected chi connectivity index (χ3v) is 4.34. The van der Waals surface area contributed by atoms with Gasteiger partial charge in [-0.05, 0) is 22.6 Å². The molecular weight excluding hydrogens is 331 g/mol. The minimum atomic E-state index is -4.49. The first kappa shape index (κ1) is 15.5. The summed E-state index contributed by atoms with van der Waals surface area (Å²) >= 11 is 1.17. The van der Waals surface area contributed by atoms with E-state index in [4.69, 9.17) is 0 Å². The maximum atomic E-state index is 12.4. The molecule has 2 amide bonds. The average molecular weight is 341 g/mol. The summed E-state index contributed by atoms with van der Waals surface area (Å²) in [5.41, 5.74) is 0.601. The van der Waals surface area contributed by atoms with Crippen molar-refractivity contribution in [3.63, 3.8) is 0 Å². The monoisotopic (exact) mass is 341 g/mol. The van der Waals surface area contributed by atoms with Crippen molar-refractivity contribution in [1.29, 1.82) is 0 Å². The summed E-state index contributed by atoms with van der Waals surface area (Å²) in [5.74, 6) is -0.726. The van der Waals surface area contributed by atoms with Crippen molar-refractivity contribution in [2.45, 2.75) is 19.3 Å². The van der Waals surface area contributed by atoms with Crippen LogP contribution in [-0.2, 0) is 19.3 Å². The number of thiophene rings is 1. The summed E-state index contributed by atoms with van der Waals surface area (Å²) in [6.45, 7) is 0.430. The Hall–Kier alpha value is -2.42. The molecule has 3 heterocycles. The van der Waals surface area contributed by atoms with Crippen LogP contribution in [-0.4, -0.2) is 16.8 Å². The van der Waals surface area contributed by atoms with Crippen LogP contribution in [0.5, 0.6) is 0 Å². The lowest BCUT2D eigenvalue weighted by atomic mass is 10.2. The fourth-order valence-corrected chi connectivity index (χ4v) is 3.15. The van der Waals surface area contributed by atoms with Crippen LogP contribution in [0.25, 0.3) is 0 Å². The fraction of sp³-hybridized carbons (Fsp3) is 0.214. The summed E-state index contributed by atoms with van der Waals surface area (Å²) in [4.78, 5) is 27.4. The van der Waals surface area contributed by atoms with Gasteiger partial charge in [-0.2, -0.15) is 13.2 Å². The number of alkyl halides is 3. The first-order chi connectivity index (χ1) is 10.9. The molecule has 2 aromatic heterocycles. The van der Waals surface area contributed by atoms with Gasteiger partial charge in [0.1, 0.15) is 10.6 Å². The third-order valence-electron chi connectivity index (χ3n) is 3.31. The van der Waals surface area contributed by atoms with Crippen LogP contribution < -0.4 is 10.6 Å². The Balaban J connectivity index is 1.67. The van der Waals surface area contributed by atoms with Crippen molar-refractivity contribution in [3.8, 4) is 0 Å². The number of hydrogen-bond acceptors (Lipinski definition) is 4. The fourth-order valence-electron chi connectivity index (χ4n) is 2.16. The maximum Gasteiger partial charge on any atom is 0.433 e. The van der Waals surface area contributed by atoms with Crippen molar-refractivity contribution in [3.05, 3.63) is 51.0 Å². The second-order valence-electron chi connectivity index (χ2n) is 4.88. The van der Waals surface area contributed by atoms with Crippen LogP contribution in [0.1, 0.15) is 36.9 Å². The zero-order valence-corrected chi connectivity index (χ0v) is 12.3. The molecule has 2 N–H and O–H groups in total. The molecule has 0 saturated carbocycles. The number of rotatable bonds is 3. The largest absolute Gasteiger partial charge is 0.433 e. The molecule has 0 unspecified atom stereocenters. The Kier molecular flexibility index (Phi) is 3.80. The second kappa shape index (κ2) is 5.65. The quantitative estimate of drug-likeness (QED) is 0.900. The number of hydrogen-bond donors (Lipinski definition) is 2. The molecule has 1 aliphatic heterocycles. The van der Waals surface area contributed by atoms with Crippen LogP contribution in [0.3, 0.4) is 0 Å². The molecule has 2 aromatic rings. The van der Waals surface area contributed by atoms with Crippen molar-refractivity contribution >= 4 is 23.2 Å². The molecule has 0 bridgehead atoms. The van der Waals surface area contributed by atoms with Gasteiger partial charge in [0, 0.05) is 19.3 Å². The van der Waals surface area contributed by atoms with Crippen LogP contribution in [0, 0.1) is 0 Å². The molecule has 0 aromatic carbocycles. The molecule has 0 radical (unpaired) electrons. The molecule has 120 valence electrons. The first-order valence-corrected chi connectivity index (χ1v) is 7.43. The molecule has 23 heavy (non-hydrogen) atoms. The molecule has 9 heteroatoms. The van der Waals surface area contributed by atoms with Crippen LogP contribution in [0.2, 0.25) is 0 Å². The van der Waals surface area contributed by atoms with Gasteiger partial charge in [0.15, 0.2) is 0 Å². The second-order valence-corrected chi connectivity index (χ2v) is 5.76. The molecular formula is C14H10F3N3O2S. The van der Waals surface area contributed by atoms with E-state index in [-0.39, 0.29) is 12.5 Å². The summed E-state index contributed by atoms with van der Waals surface area (Å²) < 4.78 is 37.2. The van der Waals surface area contributed by atoms with E-state index in [1.54, 1.807) is 5.38 Å². The van der Waals surface area contributed by atoms with Gasteiger partial charge in [-0.3, -0.25) is 14.6 Å². The summed E-state index contributed by atoms with van der Waals surface area (Å²) in [6, 6.07) is 2.11. The van der Waals surface area contributed by atoms with Crippen molar-refractivity contribution in [2.75, 3.05) is 0 Å². The highest BCUT2D eigenvalue weighted by molar-refractivity contribution is 7.12. The van der Waals surface area contributed by atoms with Gasteiger partial charge in [-0.15, -0.1) is 11.3 Å². The van der Waals surface area contributed by atoms with Gasteiger partial charge < -0.3 is 10.6 Å². The summed E-state index contributed by atoms with van der Waals surface area (Å²) in [7, 11) is 0. The number of carbonyl (C=O) groups excluding carboxylic acids is 2. The Labute approximate surface area is 132 Å². The lowest BCUT2D eigenvalue weighted by molar-refractivity contribution is -0.141. The molecule has 3 rings (SSSR count). The van der Waals surface area contributed by atoms with Crippen LogP contribution >= 0.6 is 11.3 Å². The average Bonchev–Trinajstić information content (AvgIpc) is 3.08. The molecule has 0 fully saturated rings. The Bertz CT molecular complexity index is 769. The van der Waals surface area contributed by atoms with E-state index in [0.717, 1.165) is 17.8 Å². The van der Waals surface area contributed by atoms with Gasteiger partial charge in [0.05, 0.1) is 5.56 Å². The SMILES string of the molecule is O=C(NCc1ccc(C(F)(F)F)nc1)c1scc2c1C(=O)NC2. The van der Waals surface area contributed by atoms with E-state index in [9.17, 15) is 22.8 Å². The van der Waals surface area contributed by atoms with Gasteiger partial charge in [0.25, 0.3) is 11.8 Å². The summed E-state index contributed by atoms with van der Waals surface area (Å²) in [6.07, 6.45) is -3.43. The standard InChI is InChI=1S/C14H10F3N3O2S/c15-14(16,17)9-2-1-7(3-18-9)4-19-13(22)11-10-8(6-23-11)5-20-12(10)21/h1-3,6H,4-5H2,(H,19,22)(H,20,21). The predicted octanol–water partition coefficient (Wildman–Crippen LogP) is 2.34. The number of fused-ring (bicyclic) bond motifs is 1. The molecule has 0 spiro atoms. The van der Waals surface area contributed by atoms with E-state index in [2.05, 4.69) is 15.6 Å². The lowest BCUT2D eigenvalue weighted by Crippen LogP contribution is -2.24. The number of nitrogens with zero attached hydrogens (tertiary/aromatic N) is 1. The normalized spacial score (nSPS) is 13.6. The van der Waals surface area contributed by atoms with Gasteiger partial charge in [-0.25, -0.2) is 0 Å². The number of amides is 2. The molecule has 0 saturated heterocycles. The number of pyridine rings is 1. The van der Waals surface area contributed by atoms with E-state index >= 15 is 0 Å². The summed E-state index contributed by atoms with van der Waals surface area (Å²) in [5, 5.41) is 6.94. The van der Waals surface area contributed by atoms with Crippen molar-refractivity contribution < 1.29 is 22.8 Å². The zero-order chi connectivity index (χ0) is 16.6. The smallest absolute Gasteiger partial charge is 0.348 e. The molecule has 0 atom stereocenters. The highest BCUT2D eigenvalue weighted by Gasteiger charge is 2.32. The molecule has 5 nitrogen and oxygen atoms in total. The number of aromatic nitrogens is 1. The maximum absolute atomic E-state index is 12.4. The highest BCUT2D eigenvalue weighted by atomic mass is 32.1. The van der Waals surface area contributed by atoms with E-state index in [1.807, 2.05) is 0 Å². The minimum Gasteiger partial charge on any atom is -0.348 e. The first-order valence-electron chi connectivity index (χ1n) is 6.55. The Morgan fingerprint density at radius 2 is 2.17 bits per heavy atom. The number of carbonyl (C=O) groups is 2. The Morgan fingerprint density at radius 1 is 1.39 bits per heavy atom. The third kappa shape index (κ3) is 3.04.